The van der Waals surface area contributed by atoms with Gasteiger partial charge in [0.15, 0.2) is 4.34 Å². The number of carbonyl (C=O) groups is 1. The molecular formula is C21H23N3O2S2. The molecule has 0 bridgehead atoms. The molecular weight excluding hydrogens is 390 g/mol. The number of nitrogens with zero attached hydrogens (tertiary/aromatic N) is 2. The number of carbonyl (C=O) groups excluding carboxylic acids is 1. The summed E-state index contributed by atoms with van der Waals surface area (Å²) in [5, 5.41) is 3.09. The molecule has 0 radical (unpaired) electrons. The van der Waals surface area contributed by atoms with E-state index in [0.717, 1.165) is 51.7 Å². The smallest absolute Gasteiger partial charge is 0.227 e. The molecule has 1 fully saturated rings. The quantitative estimate of drug-likeness (QED) is 0.568. The summed E-state index contributed by atoms with van der Waals surface area (Å²) in [6.07, 6.45) is 7.67. The summed E-state index contributed by atoms with van der Waals surface area (Å²) in [5.74, 6) is 1.04. The summed E-state index contributed by atoms with van der Waals surface area (Å²) in [5.41, 5.74) is 3.00. The largest absolute Gasteiger partial charge is 0.381 e. The molecule has 1 aliphatic rings. The van der Waals surface area contributed by atoms with Gasteiger partial charge in [0.05, 0.1) is 16.3 Å². The maximum atomic E-state index is 12.6. The zero-order valence-electron chi connectivity index (χ0n) is 15.8. The van der Waals surface area contributed by atoms with Gasteiger partial charge in [-0.3, -0.25) is 9.78 Å². The van der Waals surface area contributed by atoms with Crippen LogP contribution < -0.4 is 5.32 Å². The summed E-state index contributed by atoms with van der Waals surface area (Å²) in [6, 6.07) is 9.97. The van der Waals surface area contributed by atoms with Crippen molar-refractivity contribution in [3.05, 3.63) is 48.3 Å². The van der Waals surface area contributed by atoms with Crippen molar-refractivity contribution in [2.45, 2.75) is 41.9 Å². The molecule has 3 aromatic rings. The Labute approximate surface area is 172 Å². The Balaban J connectivity index is 1.38. The van der Waals surface area contributed by atoms with Crippen molar-refractivity contribution in [2.24, 2.45) is 5.92 Å². The van der Waals surface area contributed by atoms with E-state index in [2.05, 4.69) is 16.4 Å². The number of methoxy groups -OCH3 is 1. The van der Waals surface area contributed by atoms with E-state index < -0.39 is 0 Å². The highest BCUT2D eigenvalue weighted by molar-refractivity contribution is 8.00. The molecule has 0 unspecified atom stereocenters. The van der Waals surface area contributed by atoms with E-state index in [-0.39, 0.29) is 11.8 Å². The fourth-order valence-corrected chi connectivity index (χ4v) is 5.52. The maximum absolute atomic E-state index is 12.6. The number of thiazole rings is 1. The second-order valence-electron chi connectivity index (χ2n) is 7.01. The van der Waals surface area contributed by atoms with Crippen LogP contribution in [0.1, 0.15) is 31.2 Å². The average molecular weight is 414 g/mol. The first-order chi connectivity index (χ1) is 13.7. The molecule has 7 heteroatoms. The first-order valence-corrected chi connectivity index (χ1v) is 11.3. The SMILES string of the molecule is COC1CCC(C(=O)Nc2ccc3nc(SCc4cccnc4)sc3c2)CC1. The number of hydrogen-bond donors (Lipinski definition) is 1. The molecule has 1 amide bonds. The highest BCUT2D eigenvalue weighted by atomic mass is 32.2. The lowest BCUT2D eigenvalue weighted by Gasteiger charge is -2.26. The Kier molecular flexibility index (Phi) is 6.24. The van der Waals surface area contributed by atoms with Crippen LogP contribution in [0.15, 0.2) is 47.1 Å². The predicted molar refractivity (Wildman–Crippen MR) is 115 cm³/mol. The highest BCUT2D eigenvalue weighted by Crippen LogP contribution is 2.33. The minimum absolute atomic E-state index is 0.0779. The average Bonchev–Trinajstić information content (AvgIpc) is 3.15. The molecule has 2 aromatic heterocycles. The van der Waals surface area contributed by atoms with Crippen LogP contribution in [0, 0.1) is 5.92 Å². The van der Waals surface area contributed by atoms with Crippen LogP contribution in [-0.2, 0) is 15.3 Å². The normalized spacial score (nSPS) is 19.6. The van der Waals surface area contributed by atoms with Crippen molar-refractivity contribution in [2.75, 3.05) is 12.4 Å². The zero-order valence-corrected chi connectivity index (χ0v) is 17.4. The molecule has 1 aliphatic carbocycles. The molecule has 5 nitrogen and oxygen atoms in total. The van der Waals surface area contributed by atoms with Gasteiger partial charge in [0.1, 0.15) is 0 Å². The number of pyridine rings is 1. The monoisotopic (exact) mass is 413 g/mol. The fraction of sp³-hybridized carbons (Fsp3) is 0.381. The van der Waals surface area contributed by atoms with Crippen molar-refractivity contribution in [3.8, 4) is 0 Å². The topological polar surface area (TPSA) is 64.1 Å². The Morgan fingerprint density at radius 2 is 2.14 bits per heavy atom. The minimum Gasteiger partial charge on any atom is -0.381 e. The third-order valence-electron chi connectivity index (χ3n) is 5.10. The number of hydrogen-bond acceptors (Lipinski definition) is 6. The number of ether oxygens (including phenoxy) is 1. The van der Waals surface area contributed by atoms with Crippen molar-refractivity contribution in [1.29, 1.82) is 0 Å². The second kappa shape index (κ2) is 9.03. The van der Waals surface area contributed by atoms with Crippen LogP contribution in [0.25, 0.3) is 10.2 Å². The lowest BCUT2D eigenvalue weighted by Crippen LogP contribution is -2.29. The Hall–Kier alpha value is -1.96. The van der Waals surface area contributed by atoms with Crippen molar-refractivity contribution < 1.29 is 9.53 Å². The van der Waals surface area contributed by atoms with E-state index in [1.54, 1.807) is 36.4 Å². The zero-order chi connectivity index (χ0) is 19.3. The number of benzene rings is 1. The van der Waals surface area contributed by atoms with Gasteiger partial charge in [-0.05, 0) is 55.5 Å². The van der Waals surface area contributed by atoms with E-state index in [0.29, 0.717) is 6.10 Å². The van der Waals surface area contributed by atoms with Crippen molar-refractivity contribution in [1.82, 2.24) is 9.97 Å². The van der Waals surface area contributed by atoms with Crippen LogP contribution in [0.4, 0.5) is 5.69 Å². The van der Waals surface area contributed by atoms with Gasteiger partial charge < -0.3 is 10.1 Å². The van der Waals surface area contributed by atoms with Crippen LogP contribution in [0.5, 0.6) is 0 Å². The molecule has 0 aliphatic heterocycles. The number of fused-ring (bicyclic) bond motifs is 1. The Bertz CT molecular complexity index is 937. The van der Waals surface area contributed by atoms with Crippen molar-refractivity contribution >= 4 is 44.9 Å². The molecule has 0 atom stereocenters. The van der Waals surface area contributed by atoms with Crippen LogP contribution >= 0.6 is 23.1 Å². The van der Waals surface area contributed by atoms with E-state index >= 15 is 0 Å². The van der Waals surface area contributed by atoms with Crippen LogP contribution in [-0.4, -0.2) is 29.1 Å². The van der Waals surface area contributed by atoms with Crippen molar-refractivity contribution in [3.63, 3.8) is 0 Å². The van der Waals surface area contributed by atoms with Crippen LogP contribution in [0.2, 0.25) is 0 Å². The summed E-state index contributed by atoms with van der Waals surface area (Å²) >= 11 is 3.37. The molecule has 0 spiro atoms. The van der Waals surface area contributed by atoms with E-state index in [1.807, 2.05) is 30.5 Å². The first kappa shape index (κ1) is 19.4. The summed E-state index contributed by atoms with van der Waals surface area (Å²) in [4.78, 5) is 21.4. The molecule has 4 rings (SSSR count). The van der Waals surface area contributed by atoms with Gasteiger partial charge >= 0.3 is 0 Å². The number of anilines is 1. The predicted octanol–water partition coefficient (Wildman–Crippen LogP) is 5.13. The third-order valence-corrected chi connectivity index (χ3v) is 7.33. The van der Waals surface area contributed by atoms with Gasteiger partial charge in [-0.25, -0.2) is 4.98 Å². The Morgan fingerprint density at radius 3 is 2.89 bits per heavy atom. The van der Waals surface area contributed by atoms with E-state index in [9.17, 15) is 4.79 Å². The van der Waals surface area contributed by atoms with Gasteiger partial charge in [-0.1, -0.05) is 17.8 Å². The highest BCUT2D eigenvalue weighted by Gasteiger charge is 2.26. The maximum Gasteiger partial charge on any atom is 0.227 e. The number of rotatable bonds is 6. The number of amides is 1. The van der Waals surface area contributed by atoms with Gasteiger partial charge in [-0.2, -0.15) is 0 Å². The molecule has 2 heterocycles. The molecule has 0 saturated heterocycles. The second-order valence-corrected chi connectivity index (χ2v) is 9.26. The van der Waals surface area contributed by atoms with E-state index in [4.69, 9.17) is 9.72 Å². The standard InChI is InChI=1S/C21H23N3O2S2/c1-26-17-7-4-15(5-8-17)20(25)23-16-6-9-18-19(11-16)28-21(24-18)27-13-14-3-2-10-22-12-14/h2-3,6,9-12,15,17H,4-5,7-8,13H2,1H3,(H,23,25). The Morgan fingerprint density at radius 1 is 1.29 bits per heavy atom. The summed E-state index contributed by atoms with van der Waals surface area (Å²) in [7, 11) is 1.75. The van der Waals surface area contributed by atoms with Gasteiger partial charge in [-0.15, -0.1) is 11.3 Å². The fourth-order valence-electron chi connectivity index (χ4n) is 3.48. The lowest BCUT2D eigenvalue weighted by atomic mass is 9.87. The number of aromatic nitrogens is 2. The van der Waals surface area contributed by atoms with Gasteiger partial charge in [0.25, 0.3) is 0 Å². The molecule has 28 heavy (non-hydrogen) atoms. The van der Waals surface area contributed by atoms with Gasteiger partial charge in [0.2, 0.25) is 5.91 Å². The van der Waals surface area contributed by atoms with E-state index in [1.165, 1.54) is 5.56 Å². The molecule has 1 aromatic carbocycles. The summed E-state index contributed by atoms with van der Waals surface area (Å²) < 4.78 is 7.51. The van der Waals surface area contributed by atoms with Gasteiger partial charge in [0, 0.05) is 36.9 Å². The number of nitrogens with one attached hydrogen (secondary N) is 1. The summed E-state index contributed by atoms with van der Waals surface area (Å²) in [6.45, 7) is 0. The first-order valence-electron chi connectivity index (χ1n) is 9.47. The van der Waals surface area contributed by atoms with Crippen LogP contribution in [0.3, 0.4) is 0 Å². The number of thioether (sulfide) groups is 1. The molecule has 1 N–H and O–H groups in total. The third kappa shape index (κ3) is 4.71. The minimum atomic E-state index is 0.0779. The lowest BCUT2D eigenvalue weighted by molar-refractivity contribution is -0.121. The molecule has 146 valence electrons. The molecule has 1 saturated carbocycles.